The Kier molecular flexibility index (Phi) is 5.27. The number of anilines is 1. The molecule has 0 spiro atoms. The molecule has 1 saturated heterocycles. The summed E-state index contributed by atoms with van der Waals surface area (Å²) in [7, 11) is -3.52. The SMILES string of the molecule is CS(=O)(=O)c1ccc(N2CCN(C(=O)C[C@H]3C[C@@H]4CC[C@@H]3C4)CC2)c([N+](=O)[O-])c1. The molecule has 2 aliphatic carbocycles. The summed E-state index contributed by atoms with van der Waals surface area (Å²) in [6.07, 6.45) is 6.74. The van der Waals surface area contributed by atoms with Gasteiger partial charge in [0.15, 0.2) is 9.84 Å². The van der Waals surface area contributed by atoms with Crippen molar-refractivity contribution < 1.29 is 18.1 Å². The highest BCUT2D eigenvalue weighted by atomic mass is 32.2. The van der Waals surface area contributed by atoms with Crippen molar-refractivity contribution in [2.75, 3.05) is 37.3 Å². The molecule has 2 bridgehead atoms. The second-order valence-corrected chi connectivity index (χ2v) is 10.7. The number of fused-ring (bicyclic) bond motifs is 2. The molecule has 3 fully saturated rings. The van der Waals surface area contributed by atoms with Gasteiger partial charge in [-0.05, 0) is 49.1 Å². The molecule has 0 aromatic heterocycles. The first-order valence-electron chi connectivity index (χ1n) is 10.2. The normalized spacial score (nSPS) is 26.7. The molecule has 0 unspecified atom stereocenters. The third kappa shape index (κ3) is 4.10. The molecular weight excluding hydrogens is 394 g/mol. The van der Waals surface area contributed by atoms with Gasteiger partial charge in [0.05, 0.1) is 9.82 Å². The van der Waals surface area contributed by atoms with Crippen LogP contribution in [-0.4, -0.2) is 56.6 Å². The van der Waals surface area contributed by atoms with Gasteiger partial charge >= 0.3 is 0 Å². The third-order valence-corrected chi connectivity index (χ3v) is 7.98. The number of rotatable bonds is 5. The molecule has 1 aliphatic heterocycles. The molecule has 2 saturated carbocycles. The van der Waals surface area contributed by atoms with Crippen molar-refractivity contribution in [1.29, 1.82) is 0 Å². The van der Waals surface area contributed by atoms with E-state index in [1.165, 1.54) is 37.8 Å². The lowest BCUT2D eigenvalue weighted by atomic mass is 9.86. The molecule has 3 aliphatic rings. The van der Waals surface area contributed by atoms with Crippen molar-refractivity contribution in [1.82, 2.24) is 4.90 Å². The van der Waals surface area contributed by atoms with Gasteiger partial charge < -0.3 is 9.80 Å². The maximum Gasteiger partial charge on any atom is 0.293 e. The number of carbonyl (C=O) groups excluding carboxylic acids is 1. The van der Waals surface area contributed by atoms with E-state index in [4.69, 9.17) is 0 Å². The van der Waals surface area contributed by atoms with Crippen LogP contribution in [0.4, 0.5) is 11.4 Å². The van der Waals surface area contributed by atoms with Crippen molar-refractivity contribution >= 4 is 27.1 Å². The predicted molar refractivity (Wildman–Crippen MR) is 109 cm³/mol. The number of piperazine rings is 1. The van der Waals surface area contributed by atoms with Crippen LogP contribution in [0.25, 0.3) is 0 Å². The summed E-state index contributed by atoms with van der Waals surface area (Å²) < 4.78 is 23.4. The van der Waals surface area contributed by atoms with E-state index in [-0.39, 0.29) is 16.5 Å². The quantitative estimate of drug-likeness (QED) is 0.535. The molecule has 3 atom stereocenters. The molecule has 1 aromatic rings. The molecule has 8 nitrogen and oxygen atoms in total. The second kappa shape index (κ2) is 7.59. The van der Waals surface area contributed by atoms with E-state index in [1.54, 1.807) is 0 Å². The van der Waals surface area contributed by atoms with Crippen molar-refractivity contribution in [2.45, 2.75) is 37.0 Å². The zero-order valence-corrected chi connectivity index (χ0v) is 17.4. The summed E-state index contributed by atoms with van der Waals surface area (Å²) in [5.74, 6) is 2.28. The molecular formula is C20H27N3O5S. The molecule has 0 N–H and O–H groups in total. The van der Waals surface area contributed by atoms with Gasteiger partial charge in [0.25, 0.3) is 5.69 Å². The largest absolute Gasteiger partial charge is 0.362 e. The minimum Gasteiger partial charge on any atom is -0.362 e. The van der Waals surface area contributed by atoms with E-state index in [2.05, 4.69) is 0 Å². The van der Waals surface area contributed by atoms with E-state index >= 15 is 0 Å². The van der Waals surface area contributed by atoms with Crippen molar-refractivity contribution in [3.63, 3.8) is 0 Å². The first-order valence-corrected chi connectivity index (χ1v) is 12.1. The number of hydrogen-bond donors (Lipinski definition) is 0. The fourth-order valence-electron chi connectivity index (χ4n) is 5.32. The Morgan fingerprint density at radius 2 is 1.90 bits per heavy atom. The molecule has 1 amide bonds. The highest BCUT2D eigenvalue weighted by Crippen LogP contribution is 2.49. The average Bonchev–Trinajstić information content (AvgIpc) is 3.30. The number of sulfone groups is 1. The standard InChI is InChI=1S/C20H27N3O5S/c1-29(27,28)17-4-5-18(19(13-17)23(25)26)21-6-8-22(9-7-21)20(24)12-16-11-14-2-3-15(16)10-14/h4-5,13-16H,2-3,6-12H2,1H3/t14-,15-,16-/m1/s1. The van der Waals surface area contributed by atoms with Gasteiger partial charge in [0.2, 0.25) is 5.91 Å². The zero-order chi connectivity index (χ0) is 20.8. The van der Waals surface area contributed by atoms with Gasteiger partial charge in [-0.15, -0.1) is 0 Å². The topological polar surface area (TPSA) is 101 Å². The average molecular weight is 422 g/mol. The highest BCUT2D eigenvalue weighted by molar-refractivity contribution is 7.90. The molecule has 1 aromatic carbocycles. The number of nitro groups is 1. The van der Waals surface area contributed by atoms with E-state index in [9.17, 15) is 23.3 Å². The van der Waals surface area contributed by atoms with Crippen LogP contribution in [0.1, 0.15) is 32.1 Å². The van der Waals surface area contributed by atoms with E-state index in [1.807, 2.05) is 9.80 Å². The van der Waals surface area contributed by atoms with Gasteiger partial charge in [0.1, 0.15) is 5.69 Å². The fraction of sp³-hybridized carbons (Fsp3) is 0.650. The van der Waals surface area contributed by atoms with Crippen LogP contribution in [0.3, 0.4) is 0 Å². The van der Waals surface area contributed by atoms with Gasteiger partial charge in [-0.1, -0.05) is 6.42 Å². The Morgan fingerprint density at radius 1 is 1.17 bits per heavy atom. The van der Waals surface area contributed by atoms with Crippen LogP contribution in [-0.2, 0) is 14.6 Å². The summed E-state index contributed by atoms with van der Waals surface area (Å²) in [6, 6.07) is 4.03. The van der Waals surface area contributed by atoms with E-state index in [0.29, 0.717) is 44.2 Å². The number of nitro benzene ring substituents is 1. The van der Waals surface area contributed by atoms with Crippen LogP contribution in [0.15, 0.2) is 23.1 Å². The molecule has 0 radical (unpaired) electrons. The maximum absolute atomic E-state index is 12.7. The first kappa shape index (κ1) is 20.1. The van der Waals surface area contributed by atoms with Crippen LogP contribution in [0.2, 0.25) is 0 Å². The number of benzene rings is 1. The molecule has 4 rings (SSSR count). The van der Waals surface area contributed by atoms with E-state index < -0.39 is 14.8 Å². The van der Waals surface area contributed by atoms with Gasteiger partial charge in [0, 0.05) is 44.9 Å². The van der Waals surface area contributed by atoms with E-state index in [0.717, 1.165) is 24.2 Å². The predicted octanol–water partition coefficient (Wildman–Crippen LogP) is 2.47. The number of carbonyl (C=O) groups is 1. The van der Waals surface area contributed by atoms with Gasteiger partial charge in [-0.3, -0.25) is 14.9 Å². The summed E-state index contributed by atoms with van der Waals surface area (Å²) in [6.45, 7) is 2.07. The lowest BCUT2D eigenvalue weighted by molar-refractivity contribution is -0.384. The number of amides is 1. The Hall–Kier alpha value is -2.16. The van der Waals surface area contributed by atoms with Crippen molar-refractivity contribution in [3.05, 3.63) is 28.3 Å². The summed E-state index contributed by atoms with van der Waals surface area (Å²) in [4.78, 5) is 27.4. The highest BCUT2D eigenvalue weighted by Gasteiger charge is 2.41. The monoisotopic (exact) mass is 421 g/mol. The molecule has 1 heterocycles. The minimum absolute atomic E-state index is 0.0624. The van der Waals surface area contributed by atoms with Gasteiger partial charge in [-0.2, -0.15) is 0 Å². The Labute approximate surface area is 170 Å². The number of hydrogen-bond acceptors (Lipinski definition) is 6. The Morgan fingerprint density at radius 3 is 2.45 bits per heavy atom. The summed E-state index contributed by atoms with van der Waals surface area (Å²) in [5, 5.41) is 11.5. The van der Waals surface area contributed by atoms with Crippen LogP contribution >= 0.6 is 0 Å². The summed E-state index contributed by atoms with van der Waals surface area (Å²) in [5.41, 5.74) is 0.192. The first-order chi connectivity index (χ1) is 13.7. The lowest BCUT2D eigenvalue weighted by Gasteiger charge is -2.36. The maximum atomic E-state index is 12.7. The lowest BCUT2D eigenvalue weighted by Crippen LogP contribution is -2.49. The second-order valence-electron chi connectivity index (χ2n) is 8.69. The minimum atomic E-state index is -3.52. The third-order valence-electron chi connectivity index (χ3n) is 6.87. The molecule has 158 valence electrons. The smallest absolute Gasteiger partial charge is 0.293 e. The van der Waals surface area contributed by atoms with Crippen LogP contribution in [0.5, 0.6) is 0 Å². The van der Waals surface area contributed by atoms with Gasteiger partial charge in [-0.25, -0.2) is 8.42 Å². The Bertz CT molecular complexity index is 924. The van der Waals surface area contributed by atoms with Crippen molar-refractivity contribution in [2.24, 2.45) is 17.8 Å². The molecule has 9 heteroatoms. The molecule has 29 heavy (non-hydrogen) atoms. The number of nitrogens with zero attached hydrogens (tertiary/aromatic N) is 3. The van der Waals surface area contributed by atoms with Crippen LogP contribution in [0, 0.1) is 27.9 Å². The van der Waals surface area contributed by atoms with Crippen LogP contribution < -0.4 is 4.90 Å². The summed E-state index contributed by atoms with van der Waals surface area (Å²) >= 11 is 0. The Balaban J connectivity index is 1.40. The van der Waals surface area contributed by atoms with Crippen molar-refractivity contribution in [3.8, 4) is 0 Å². The fourth-order valence-corrected chi connectivity index (χ4v) is 5.97. The zero-order valence-electron chi connectivity index (χ0n) is 16.6.